The van der Waals surface area contributed by atoms with Crippen molar-refractivity contribution in [2.24, 2.45) is 7.05 Å². The monoisotopic (exact) mass is 335 g/mol. The Hall–Kier alpha value is -1.33. The molecule has 1 aromatic heterocycles. The first-order valence-corrected chi connectivity index (χ1v) is 7.64. The quantitative estimate of drug-likeness (QED) is 0.934. The summed E-state index contributed by atoms with van der Waals surface area (Å²) in [6, 6.07) is 6.51. The minimum absolute atomic E-state index is 0.0569. The molecule has 0 aliphatic carbocycles. The average Bonchev–Trinajstić information content (AvgIpc) is 2.86. The molecule has 1 aromatic carbocycles. The summed E-state index contributed by atoms with van der Waals surface area (Å²) in [5.74, 6) is 0.958. The fourth-order valence-electron chi connectivity index (χ4n) is 2.69. The predicted octanol–water partition coefficient (Wildman–Crippen LogP) is 3.36. The van der Waals surface area contributed by atoms with Crippen LogP contribution < -0.4 is 10.1 Å². The van der Waals surface area contributed by atoms with Crippen LogP contribution in [0.15, 0.2) is 35.1 Å². The van der Waals surface area contributed by atoms with Crippen LogP contribution in [0, 0.1) is 0 Å². The van der Waals surface area contributed by atoms with E-state index in [-0.39, 0.29) is 6.10 Å². The third kappa shape index (κ3) is 2.60. The molecule has 1 aliphatic rings. The van der Waals surface area contributed by atoms with E-state index < -0.39 is 0 Å². The van der Waals surface area contributed by atoms with Crippen LogP contribution >= 0.6 is 15.9 Å². The molecule has 0 saturated carbocycles. The van der Waals surface area contributed by atoms with E-state index in [9.17, 15) is 0 Å². The molecule has 0 radical (unpaired) electrons. The predicted molar refractivity (Wildman–Crippen MR) is 81.8 cm³/mol. The summed E-state index contributed by atoms with van der Waals surface area (Å²) in [5, 5.41) is 7.79. The van der Waals surface area contributed by atoms with Gasteiger partial charge in [0.15, 0.2) is 0 Å². The number of nitrogens with one attached hydrogen (secondary N) is 1. The van der Waals surface area contributed by atoms with Gasteiger partial charge >= 0.3 is 0 Å². The highest BCUT2D eigenvalue weighted by Gasteiger charge is 2.29. The van der Waals surface area contributed by atoms with Crippen molar-refractivity contribution in [2.45, 2.75) is 25.5 Å². The zero-order chi connectivity index (χ0) is 14.1. The molecule has 4 nitrogen and oxygen atoms in total. The van der Waals surface area contributed by atoms with Gasteiger partial charge in [0, 0.05) is 41.3 Å². The molecule has 2 heterocycles. The van der Waals surface area contributed by atoms with Crippen molar-refractivity contribution >= 4 is 15.9 Å². The molecule has 0 bridgehead atoms. The largest absolute Gasteiger partial charge is 0.485 e. The van der Waals surface area contributed by atoms with Gasteiger partial charge in [-0.05, 0) is 24.7 Å². The highest BCUT2D eigenvalue weighted by atomic mass is 79.9. The van der Waals surface area contributed by atoms with Crippen LogP contribution in [0.2, 0.25) is 0 Å². The number of nitrogens with zero attached hydrogens (tertiary/aromatic N) is 2. The Kier molecular flexibility index (Phi) is 3.81. The Bertz CT molecular complexity index is 611. The number of hydrogen-bond donors (Lipinski definition) is 1. The van der Waals surface area contributed by atoms with E-state index in [1.807, 2.05) is 36.3 Å². The SMILES string of the molecule is CCNC1CC(c2cnn(C)c2)Oc2ccc(Br)cc21. The van der Waals surface area contributed by atoms with E-state index in [0.29, 0.717) is 6.04 Å². The summed E-state index contributed by atoms with van der Waals surface area (Å²) in [7, 11) is 1.93. The van der Waals surface area contributed by atoms with Crippen LogP contribution in [-0.4, -0.2) is 16.3 Å². The van der Waals surface area contributed by atoms with E-state index in [1.165, 1.54) is 5.56 Å². The summed E-state index contributed by atoms with van der Waals surface area (Å²) < 4.78 is 9.05. The fraction of sp³-hybridized carbons (Fsp3) is 0.400. The second-order valence-corrected chi connectivity index (χ2v) is 6.00. The standard InChI is InChI=1S/C15H18BrN3O/c1-3-17-13-7-15(10-8-18-19(2)9-10)20-14-5-4-11(16)6-12(13)14/h4-6,8-9,13,15,17H,3,7H2,1-2H3. The summed E-state index contributed by atoms with van der Waals surface area (Å²) in [6.45, 7) is 3.07. The average molecular weight is 336 g/mol. The minimum atomic E-state index is 0.0569. The van der Waals surface area contributed by atoms with Crippen LogP contribution in [-0.2, 0) is 7.05 Å². The molecule has 0 fully saturated rings. The maximum atomic E-state index is 6.15. The first-order valence-electron chi connectivity index (χ1n) is 6.85. The van der Waals surface area contributed by atoms with Crippen molar-refractivity contribution in [3.05, 3.63) is 46.2 Å². The molecule has 1 N–H and O–H groups in total. The van der Waals surface area contributed by atoms with Gasteiger partial charge in [0.05, 0.1) is 6.20 Å². The number of rotatable bonds is 3. The maximum Gasteiger partial charge on any atom is 0.129 e. The van der Waals surface area contributed by atoms with Crippen LogP contribution in [0.5, 0.6) is 5.75 Å². The maximum absolute atomic E-state index is 6.15. The highest BCUT2D eigenvalue weighted by Crippen LogP contribution is 2.41. The molecule has 0 amide bonds. The normalized spacial score (nSPS) is 21.4. The molecule has 1 aliphatic heterocycles. The lowest BCUT2D eigenvalue weighted by atomic mass is 9.94. The number of aromatic nitrogens is 2. The number of benzene rings is 1. The van der Waals surface area contributed by atoms with E-state index in [2.05, 4.69) is 39.3 Å². The Morgan fingerprint density at radius 2 is 2.35 bits per heavy atom. The molecule has 0 spiro atoms. The minimum Gasteiger partial charge on any atom is -0.485 e. The molecule has 0 saturated heterocycles. The number of hydrogen-bond acceptors (Lipinski definition) is 3. The summed E-state index contributed by atoms with van der Waals surface area (Å²) in [4.78, 5) is 0. The second-order valence-electron chi connectivity index (χ2n) is 5.08. The zero-order valence-corrected chi connectivity index (χ0v) is 13.2. The van der Waals surface area contributed by atoms with Crippen molar-refractivity contribution in [1.82, 2.24) is 15.1 Å². The van der Waals surface area contributed by atoms with Crippen molar-refractivity contribution in [1.29, 1.82) is 0 Å². The Morgan fingerprint density at radius 3 is 3.05 bits per heavy atom. The summed E-state index contributed by atoms with van der Waals surface area (Å²) >= 11 is 3.54. The smallest absolute Gasteiger partial charge is 0.129 e. The Morgan fingerprint density at radius 1 is 1.50 bits per heavy atom. The van der Waals surface area contributed by atoms with Crippen LogP contribution in [0.4, 0.5) is 0 Å². The number of fused-ring (bicyclic) bond motifs is 1. The van der Waals surface area contributed by atoms with Crippen LogP contribution in [0.25, 0.3) is 0 Å². The van der Waals surface area contributed by atoms with Crippen molar-refractivity contribution < 1.29 is 4.74 Å². The van der Waals surface area contributed by atoms with Crippen LogP contribution in [0.3, 0.4) is 0 Å². The van der Waals surface area contributed by atoms with Crippen molar-refractivity contribution in [3.8, 4) is 5.75 Å². The number of aryl methyl sites for hydroxylation is 1. The molecular formula is C15H18BrN3O. The van der Waals surface area contributed by atoms with Gasteiger partial charge in [-0.3, -0.25) is 4.68 Å². The number of halogens is 1. The van der Waals surface area contributed by atoms with E-state index in [0.717, 1.165) is 28.8 Å². The topological polar surface area (TPSA) is 39.1 Å². The van der Waals surface area contributed by atoms with Crippen molar-refractivity contribution in [3.63, 3.8) is 0 Å². The Labute approximate surface area is 127 Å². The third-order valence-corrected chi connectivity index (χ3v) is 4.11. The molecule has 106 valence electrons. The molecule has 2 atom stereocenters. The number of ether oxygens (including phenoxy) is 1. The first kappa shape index (κ1) is 13.6. The fourth-order valence-corrected chi connectivity index (χ4v) is 3.07. The van der Waals surface area contributed by atoms with Crippen molar-refractivity contribution in [2.75, 3.05) is 6.54 Å². The first-order chi connectivity index (χ1) is 9.67. The summed E-state index contributed by atoms with van der Waals surface area (Å²) in [6.07, 6.45) is 4.89. The molecule has 3 rings (SSSR count). The van der Waals surface area contributed by atoms with Gasteiger partial charge in [-0.15, -0.1) is 0 Å². The molecular weight excluding hydrogens is 318 g/mol. The van der Waals surface area contributed by atoms with E-state index in [4.69, 9.17) is 4.74 Å². The van der Waals surface area contributed by atoms with Crippen LogP contribution in [0.1, 0.15) is 36.6 Å². The summed E-state index contributed by atoms with van der Waals surface area (Å²) in [5.41, 5.74) is 2.35. The van der Waals surface area contributed by atoms with Gasteiger partial charge in [0.2, 0.25) is 0 Å². The van der Waals surface area contributed by atoms with Gasteiger partial charge in [0.1, 0.15) is 11.9 Å². The highest BCUT2D eigenvalue weighted by molar-refractivity contribution is 9.10. The van der Waals surface area contributed by atoms with Gasteiger partial charge < -0.3 is 10.1 Å². The molecule has 2 unspecified atom stereocenters. The van der Waals surface area contributed by atoms with Gasteiger partial charge in [-0.1, -0.05) is 22.9 Å². The molecule has 20 heavy (non-hydrogen) atoms. The van der Waals surface area contributed by atoms with Gasteiger partial charge in [-0.2, -0.15) is 5.10 Å². The third-order valence-electron chi connectivity index (χ3n) is 3.61. The Balaban J connectivity index is 1.94. The lowest BCUT2D eigenvalue weighted by Gasteiger charge is -2.32. The van der Waals surface area contributed by atoms with E-state index in [1.54, 1.807) is 0 Å². The van der Waals surface area contributed by atoms with E-state index >= 15 is 0 Å². The second kappa shape index (κ2) is 5.58. The lowest BCUT2D eigenvalue weighted by molar-refractivity contribution is 0.152. The van der Waals surface area contributed by atoms with Gasteiger partial charge in [-0.25, -0.2) is 0 Å². The molecule has 2 aromatic rings. The van der Waals surface area contributed by atoms with Gasteiger partial charge in [0.25, 0.3) is 0 Å². The molecule has 5 heteroatoms. The lowest BCUT2D eigenvalue weighted by Crippen LogP contribution is -2.28. The zero-order valence-electron chi connectivity index (χ0n) is 11.6.